The van der Waals surface area contributed by atoms with E-state index in [1.165, 1.54) is 0 Å². The maximum atomic E-state index is 11.7. The highest BCUT2D eigenvalue weighted by molar-refractivity contribution is 14.0. The Balaban J connectivity index is 0.00000180. The lowest BCUT2D eigenvalue weighted by Crippen LogP contribution is -2.41. The van der Waals surface area contributed by atoms with Gasteiger partial charge in [-0.25, -0.2) is 0 Å². The summed E-state index contributed by atoms with van der Waals surface area (Å²) in [5.41, 5.74) is 0. The molecule has 0 aromatic heterocycles. The molecule has 0 aromatic carbocycles. The lowest BCUT2D eigenvalue weighted by molar-refractivity contribution is -0.140. The highest BCUT2D eigenvalue weighted by Crippen LogP contribution is 2.20. The number of hydrogen-bond donors (Lipinski definition) is 2. The average Bonchev–Trinajstić information content (AvgIpc) is 2.94. The van der Waals surface area contributed by atoms with Crippen LogP contribution in [0.5, 0.6) is 0 Å². The Bertz CT molecular complexity index is 349. The van der Waals surface area contributed by atoms with Gasteiger partial charge in [0, 0.05) is 26.7 Å². The van der Waals surface area contributed by atoms with Gasteiger partial charge in [0.1, 0.15) is 6.10 Å². The van der Waals surface area contributed by atoms with E-state index in [1.54, 1.807) is 19.0 Å². The first kappa shape index (κ1) is 16.5. The highest BCUT2D eigenvalue weighted by Gasteiger charge is 2.31. The number of guanidine groups is 1. The molecule has 2 aliphatic heterocycles. The molecule has 1 fully saturated rings. The van der Waals surface area contributed by atoms with E-state index >= 15 is 0 Å². The third-order valence-electron chi connectivity index (χ3n) is 3.23. The molecule has 0 aliphatic carbocycles. The van der Waals surface area contributed by atoms with Crippen molar-refractivity contribution in [2.45, 2.75) is 38.0 Å². The number of likely N-dealkylation sites (N-methyl/N-ethyl adjacent to an activating group) is 1. The van der Waals surface area contributed by atoms with Crippen molar-refractivity contribution in [2.24, 2.45) is 4.99 Å². The Morgan fingerprint density at radius 1 is 1.53 bits per heavy atom. The number of rotatable bonds is 3. The van der Waals surface area contributed by atoms with Crippen molar-refractivity contribution in [1.82, 2.24) is 15.5 Å². The van der Waals surface area contributed by atoms with Crippen LogP contribution in [-0.2, 0) is 9.53 Å². The minimum atomic E-state index is -0.274. The molecule has 3 atom stereocenters. The Morgan fingerprint density at radius 2 is 2.26 bits per heavy atom. The van der Waals surface area contributed by atoms with E-state index in [2.05, 4.69) is 22.5 Å². The minimum absolute atomic E-state index is 0. The third-order valence-corrected chi connectivity index (χ3v) is 3.23. The van der Waals surface area contributed by atoms with Crippen LogP contribution in [0.2, 0.25) is 0 Å². The van der Waals surface area contributed by atoms with Gasteiger partial charge in [-0.3, -0.25) is 9.79 Å². The first-order valence-corrected chi connectivity index (χ1v) is 6.47. The Morgan fingerprint density at radius 3 is 2.84 bits per heavy atom. The maximum absolute atomic E-state index is 11.7. The van der Waals surface area contributed by atoms with Crippen LogP contribution in [0.1, 0.15) is 19.8 Å². The minimum Gasteiger partial charge on any atom is -0.363 e. The number of nitrogens with zero attached hydrogens (tertiary/aromatic N) is 2. The van der Waals surface area contributed by atoms with Crippen molar-refractivity contribution in [2.75, 3.05) is 27.2 Å². The molecule has 2 heterocycles. The van der Waals surface area contributed by atoms with Gasteiger partial charge in [-0.05, 0) is 19.8 Å². The van der Waals surface area contributed by atoms with Gasteiger partial charge >= 0.3 is 0 Å². The van der Waals surface area contributed by atoms with E-state index in [1.807, 2.05) is 0 Å². The van der Waals surface area contributed by atoms with Crippen LogP contribution >= 0.6 is 24.0 Å². The molecule has 3 unspecified atom stereocenters. The topological polar surface area (TPSA) is 66.0 Å². The van der Waals surface area contributed by atoms with E-state index in [0.29, 0.717) is 12.6 Å². The predicted molar refractivity (Wildman–Crippen MR) is 84.9 cm³/mol. The van der Waals surface area contributed by atoms with Crippen LogP contribution in [-0.4, -0.2) is 62.2 Å². The van der Waals surface area contributed by atoms with E-state index in [-0.39, 0.29) is 42.1 Å². The van der Waals surface area contributed by atoms with Crippen molar-refractivity contribution in [3.63, 3.8) is 0 Å². The van der Waals surface area contributed by atoms with Gasteiger partial charge in [-0.1, -0.05) is 0 Å². The van der Waals surface area contributed by atoms with Gasteiger partial charge in [0.25, 0.3) is 5.91 Å². The lowest BCUT2D eigenvalue weighted by atomic mass is 10.2. The summed E-state index contributed by atoms with van der Waals surface area (Å²) in [5, 5.41) is 6.47. The Hall–Kier alpha value is -0.570. The van der Waals surface area contributed by atoms with Crippen molar-refractivity contribution in [3.8, 4) is 0 Å². The first-order valence-electron chi connectivity index (χ1n) is 6.47. The van der Waals surface area contributed by atoms with Crippen molar-refractivity contribution < 1.29 is 9.53 Å². The largest absolute Gasteiger partial charge is 0.363 e. The van der Waals surface area contributed by atoms with Gasteiger partial charge in [0.05, 0.1) is 12.6 Å². The summed E-state index contributed by atoms with van der Waals surface area (Å²) in [5.74, 6) is 0.899. The summed E-state index contributed by atoms with van der Waals surface area (Å²) in [7, 11) is 3.52. The van der Waals surface area contributed by atoms with Crippen molar-refractivity contribution in [1.29, 1.82) is 0 Å². The number of carbonyl (C=O) groups is 1. The highest BCUT2D eigenvalue weighted by atomic mass is 127. The summed E-state index contributed by atoms with van der Waals surface area (Å²) in [6.45, 7) is 3.61. The summed E-state index contributed by atoms with van der Waals surface area (Å²) in [4.78, 5) is 17.7. The standard InChI is InChI=1S/C12H22N4O2.HI/c1-8-6-13-12(15-8)14-7-9-4-5-10(18-9)11(17)16(2)3;/h8-10H,4-7H2,1-3H3,(H2,13,14,15);1H. The quantitative estimate of drug-likeness (QED) is 0.684. The lowest BCUT2D eigenvalue weighted by Gasteiger charge is -2.18. The van der Waals surface area contributed by atoms with E-state index < -0.39 is 0 Å². The van der Waals surface area contributed by atoms with Crippen molar-refractivity contribution in [3.05, 3.63) is 0 Å². The molecule has 2 N–H and O–H groups in total. The second-order valence-corrected chi connectivity index (χ2v) is 5.17. The van der Waals surface area contributed by atoms with Crippen LogP contribution in [0, 0.1) is 0 Å². The zero-order valence-corrected chi connectivity index (χ0v) is 14.0. The van der Waals surface area contributed by atoms with E-state index in [4.69, 9.17) is 4.74 Å². The normalized spacial score (nSPS) is 29.2. The van der Waals surface area contributed by atoms with Gasteiger partial charge in [0.15, 0.2) is 5.96 Å². The fourth-order valence-corrected chi connectivity index (χ4v) is 2.20. The SMILES string of the molecule is CC1CN=C(NCC2CCC(C(=O)N(C)C)O2)N1.I. The molecule has 1 amide bonds. The summed E-state index contributed by atoms with van der Waals surface area (Å²) < 4.78 is 5.73. The smallest absolute Gasteiger partial charge is 0.251 e. The summed E-state index contributed by atoms with van der Waals surface area (Å²) >= 11 is 0. The Labute approximate surface area is 131 Å². The maximum Gasteiger partial charge on any atom is 0.251 e. The number of halogens is 1. The van der Waals surface area contributed by atoms with E-state index in [0.717, 1.165) is 25.3 Å². The summed E-state index contributed by atoms with van der Waals surface area (Å²) in [6, 6.07) is 0.403. The molecule has 0 saturated carbocycles. The second kappa shape index (κ2) is 7.28. The molecule has 19 heavy (non-hydrogen) atoms. The zero-order valence-electron chi connectivity index (χ0n) is 11.7. The van der Waals surface area contributed by atoms with Gasteiger partial charge in [-0.2, -0.15) is 0 Å². The average molecular weight is 382 g/mol. The molecular formula is C12H23IN4O2. The zero-order chi connectivity index (χ0) is 13.1. The fraction of sp³-hybridized carbons (Fsp3) is 0.833. The number of hydrogen-bond acceptors (Lipinski definition) is 5. The third kappa shape index (κ3) is 4.48. The molecule has 1 saturated heterocycles. The molecule has 2 aliphatic rings. The molecule has 2 rings (SSSR count). The molecule has 110 valence electrons. The van der Waals surface area contributed by atoms with Crippen LogP contribution in [0.25, 0.3) is 0 Å². The molecule has 7 heteroatoms. The van der Waals surface area contributed by atoms with Crippen molar-refractivity contribution >= 4 is 35.8 Å². The van der Waals surface area contributed by atoms with Crippen LogP contribution in [0.3, 0.4) is 0 Å². The molecule has 0 spiro atoms. The Kier molecular flexibility index (Phi) is 6.31. The van der Waals surface area contributed by atoms with Gasteiger partial charge in [-0.15, -0.1) is 24.0 Å². The monoisotopic (exact) mass is 382 g/mol. The number of ether oxygens (including phenoxy) is 1. The summed E-state index contributed by atoms with van der Waals surface area (Å²) in [6.07, 6.45) is 1.54. The number of aliphatic imine (C=N–C) groups is 1. The van der Waals surface area contributed by atoms with Gasteiger partial charge < -0.3 is 20.3 Å². The number of carbonyl (C=O) groups excluding carboxylic acids is 1. The molecule has 6 nitrogen and oxygen atoms in total. The number of amides is 1. The number of nitrogens with one attached hydrogen (secondary N) is 2. The second-order valence-electron chi connectivity index (χ2n) is 5.17. The van der Waals surface area contributed by atoms with Crippen LogP contribution in [0.15, 0.2) is 4.99 Å². The van der Waals surface area contributed by atoms with Crippen LogP contribution < -0.4 is 10.6 Å². The molecule has 0 bridgehead atoms. The molecular weight excluding hydrogens is 359 g/mol. The molecule has 0 radical (unpaired) electrons. The predicted octanol–water partition coefficient (Wildman–Crippen LogP) is 0.177. The van der Waals surface area contributed by atoms with Crippen LogP contribution in [0.4, 0.5) is 0 Å². The first-order chi connectivity index (χ1) is 8.56. The fourth-order valence-electron chi connectivity index (χ4n) is 2.20. The van der Waals surface area contributed by atoms with Gasteiger partial charge in [0.2, 0.25) is 0 Å². The molecule has 0 aromatic rings. The van der Waals surface area contributed by atoms with E-state index in [9.17, 15) is 4.79 Å².